The van der Waals surface area contributed by atoms with Gasteiger partial charge in [0.15, 0.2) is 0 Å². The fraction of sp³-hybridized carbons (Fsp3) is 0.391. The Morgan fingerprint density at radius 2 is 1.93 bits per heavy atom. The summed E-state index contributed by atoms with van der Waals surface area (Å²) in [4.78, 5) is 5.44. The van der Waals surface area contributed by atoms with Gasteiger partial charge in [-0.05, 0) is 73.3 Å². The SMILES string of the molecule is COc1ccc2[nH]cc(C3CCN(CC(O)c4cccc(C(F)(F)F)c4)CC3)c2c1. The van der Waals surface area contributed by atoms with E-state index >= 15 is 0 Å². The molecule has 2 aromatic carbocycles. The number of benzene rings is 2. The van der Waals surface area contributed by atoms with Gasteiger partial charge in [-0.25, -0.2) is 0 Å². The van der Waals surface area contributed by atoms with Gasteiger partial charge in [0.05, 0.1) is 18.8 Å². The van der Waals surface area contributed by atoms with Crippen LogP contribution in [0.25, 0.3) is 10.9 Å². The van der Waals surface area contributed by atoms with E-state index in [2.05, 4.69) is 16.1 Å². The van der Waals surface area contributed by atoms with E-state index in [-0.39, 0.29) is 0 Å². The Bertz CT molecular complexity index is 1010. The molecule has 1 fully saturated rings. The number of aliphatic hydroxyl groups excluding tert-OH is 1. The maximum absolute atomic E-state index is 12.9. The molecule has 4 nitrogen and oxygen atoms in total. The molecule has 1 aliphatic heterocycles. The monoisotopic (exact) mass is 418 g/mol. The van der Waals surface area contributed by atoms with Crippen LogP contribution in [0.5, 0.6) is 5.75 Å². The number of halogens is 3. The maximum Gasteiger partial charge on any atom is 0.416 e. The number of H-pyrrole nitrogens is 1. The zero-order valence-electron chi connectivity index (χ0n) is 16.7. The van der Waals surface area contributed by atoms with Crippen molar-refractivity contribution in [3.63, 3.8) is 0 Å². The van der Waals surface area contributed by atoms with Crippen molar-refractivity contribution in [1.82, 2.24) is 9.88 Å². The first-order chi connectivity index (χ1) is 14.3. The quantitative estimate of drug-likeness (QED) is 0.606. The fourth-order valence-electron chi connectivity index (χ4n) is 4.28. The summed E-state index contributed by atoms with van der Waals surface area (Å²) in [5.74, 6) is 1.22. The lowest BCUT2D eigenvalue weighted by molar-refractivity contribution is -0.137. The minimum atomic E-state index is -4.41. The Labute approximate surface area is 173 Å². The molecular formula is C23H25F3N2O2. The lowest BCUT2D eigenvalue weighted by atomic mass is 9.89. The van der Waals surface area contributed by atoms with Gasteiger partial charge in [-0.15, -0.1) is 0 Å². The van der Waals surface area contributed by atoms with Gasteiger partial charge in [-0.1, -0.05) is 12.1 Å². The van der Waals surface area contributed by atoms with Crippen LogP contribution in [-0.4, -0.2) is 41.7 Å². The Hall–Kier alpha value is -2.51. The smallest absolute Gasteiger partial charge is 0.416 e. The van der Waals surface area contributed by atoms with Crippen LogP contribution >= 0.6 is 0 Å². The van der Waals surface area contributed by atoms with E-state index in [0.29, 0.717) is 18.0 Å². The lowest BCUT2D eigenvalue weighted by Gasteiger charge is -2.33. The van der Waals surface area contributed by atoms with Gasteiger partial charge < -0.3 is 19.7 Å². The molecular weight excluding hydrogens is 393 g/mol. The number of likely N-dealkylation sites (tertiary alicyclic amines) is 1. The normalized spacial score (nSPS) is 17.4. The second kappa shape index (κ2) is 8.32. The zero-order valence-corrected chi connectivity index (χ0v) is 16.7. The van der Waals surface area contributed by atoms with E-state index in [9.17, 15) is 18.3 Å². The van der Waals surface area contributed by atoms with E-state index in [0.717, 1.165) is 54.7 Å². The minimum absolute atomic E-state index is 0.302. The highest BCUT2D eigenvalue weighted by atomic mass is 19.4. The molecule has 0 spiro atoms. The Morgan fingerprint density at radius 3 is 2.63 bits per heavy atom. The Kier molecular flexibility index (Phi) is 5.75. The van der Waals surface area contributed by atoms with Crippen LogP contribution in [0.4, 0.5) is 13.2 Å². The van der Waals surface area contributed by atoms with Crippen LogP contribution in [-0.2, 0) is 6.18 Å². The number of nitrogens with one attached hydrogen (secondary N) is 1. The van der Waals surface area contributed by atoms with Crippen molar-refractivity contribution in [2.45, 2.75) is 31.0 Å². The van der Waals surface area contributed by atoms with Gasteiger partial charge >= 0.3 is 6.18 Å². The second-order valence-electron chi connectivity index (χ2n) is 7.87. The summed E-state index contributed by atoms with van der Waals surface area (Å²) in [6.07, 6.45) is -1.43. The van der Waals surface area contributed by atoms with Gasteiger partial charge in [0.1, 0.15) is 5.75 Å². The van der Waals surface area contributed by atoms with Crippen molar-refractivity contribution in [3.05, 3.63) is 65.4 Å². The maximum atomic E-state index is 12.9. The second-order valence-corrected chi connectivity index (χ2v) is 7.87. The summed E-state index contributed by atoms with van der Waals surface area (Å²) in [5.41, 5.74) is 1.92. The molecule has 0 aliphatic carbocycles. The topological polar surface area (TPSA) is 48.5 Å². The average molecular weight is 418 g/mol. The van der Waals surface area contributed by atoms with Crippen LogP contribution in [0.2, 0.25) is 0 Å². The Morgan fingerprint density at radius 1 is 1.17 bits per heavy atom. The fourth-order valence-corrected chi connectivity index (χ4v) is 4.28. The number of aromatic amines is 1. The molecule has 0 saturated carbocycles. The Balaban J connectivity index is 1.39. The van der Waals surface area contributed by atoms with Gasteiger partial charge in [-0.3, -0.25) is 0 Å². The van der Waals surface area contributed by atoms with Gasteiger partial charge in [0.2, 0.25) is 0 Å². The summed E-state index contributed by atoms with van der Waals surface area (Å²) in [7, 11) is 1.65. The molecule has 1 aromatic heterocycles. The number of β-amino-alcohol motifs (C(OH)–C–C–N with tert-alkyl or cyclic N) is 1. The van der Waals surface area contributed by atoms with E-state index in [1.165, 1.54) is 11.6 Å². The lowest BCUT2D eigenvalue weighted by Crippen LogP contribution is -2.36. The number of ether oxygens (including phenoxy) is 1. The summed E-state index contributed by atoms with van der Waals surface area (Å²) >= 11 is 0. The molecule has 30 heavy (non-hydrogen) atoms. The van der Waals surface area contributed by atoms with Crippen LogP contribution in [0.15, 0.2) is 48.7 Å². The number of aromatic nitrogens is 1. The van der Waals surface area contributed by atoms with Crippen molar-refractivity contribution in [3.8, 4) is 5.75 Å². The number of hydrogen-bond donors (Lipinski definition) is 2. The summed E-state index contributed by atoms with van der Waals surface area (Å²) < 4.78 is 44.1. The molecule has 1 atom stereocenters. The highest BCUT2D eigenvalue weighted by molar-refractivity contribution is 5.85. The third kappa shape index (κ3) is 4.32. The largest absolute Gasteiger partial charge is 0.497 e. The van der Waals surface area contributed by atoms with E-state index in [4.69, 9.17) is 4.74 Å². The van der Waals surface area contributed by atoms with Crippen molar-refractivity contribution >= 4 is 10.9 Å². The van der Waals surface area contributed by atoms with Crippen LogP contribution in [0.3, 0.4) is 0 Å². The molecule has 160 valence electrons. The summed E-state index contributed by atoms with van der Waals surface area (Å²) in [5, 5.41) is 11.6. The number of aliphatic hydroxyl groups is 1. The average Bonchev–Trinajstić information content (AvgIpc) is 3.17. The number of methoxy groups -OCH3 is 1. The molecule has 1 aliphatic rings. The predicted molar refractivity (Wildman–Crippen MR) is 110 cm³/mol. The van der Waals surface area contributed by atoms with Crippen LogP contribution in [0.1, 0.15) is 41.6 Å². The van der Waals surface area contributed by atoms with Gasteiger partial charge in [-0.2, -0.15) is 13.2 Å². The molecule has 1 unspecified atom stereocenters. The highest BCUT2D eigenvalue weighted by Crippen LogP contribution is 2.35. The zero-order chi connectivity index (χ0) is 21.3. The molecule has 3 aromatic rings. The molecule has 0 bridgehead atoms. The highest BCUT2D eigenvalue weighted by Gasteiger charge is 2.31. The van der Waals surface area contributed by atoms with Gasteiger partial charge in [0.25, 0.3) is 0 Å². The molecule has 2 heterocycles. The predicted octanol–water partition coefficient (Wildman–Crippen LogP) is 5.11. The van der Waals surface area contributed by atoms with Crippen LogP contribution in [0, 0.1) is 0 Å². The van der Waals surface area contributed by atoms with Crippen molar-refractivity contribution in [2.75, 3.05) is 26.7 Å². The molecule has 1 saturated heterocycles. The number of fused-ring (bicyclic) bond motifs is 1. The number of hydrogen-bond acceptors (Lipinski definition) is 3. The molecule has 0 radical (unpaired) electrons. The third-order valence-corrected chi connectivity index (χ3v) is 5.98. The standard InChI is InChI=1S/C23H25F3N2O2/c1-30-18-5-6-21-19(12-18)20(13-27-21)15-7-9-28(10-8-15)14-22(29)16-3-2-4-17(11-16)23(24,25)26/h2-6,11-13,15,22,27,29H,7-10,14H2,1H3. The minimum Gasteiger partial charge on any atom is -0.497 e. The number of rotatable bonds is 5. The summed E-state index contributed by atoms with van der Waals surface area (Å²) in [6, 6.07) is 10.9. The van der Waals surface area contributed by atoms with E-state index in [1.54, 1.807) is 13.2 Å². The first-order valence-electron chi connectivity index (χ1n) is 10.1. The molecule has 4 rings (SSSR count). The third-order valence-electron chi connectivity index (χ3n) is 5.98. The molecule has 7 heteroatoms. The molecule has 2 N–H and O–H groups in total. The molecule has 0 amide bonds. The first kappa shape index (κ1) is 20.8. The van der Waals surface area contributed by atoms with Crippen molar-refractivity contribution in [2.24, 2.45) is 0 Å². The van der Waals surface area contributed by atoms with Gasteiger partial charge in [0, 0.05) is 23.6 Å². The number of nitrogens with zero attached hydrogens (tertiary/aromatic N) is 1. The first-order valence-corrected chi connectivity index (χ1v) is 10.1. The number of piperidine rings is 1. The van der Waals surface area contributed by atoms with E-state index < -0.39 is 17.8 Å². The van der Waals surface area contributed by atoms with E-state index in [1.807, 2.05) is 18.2 Å². The van der Waals surface area contributed by atoms with Crippen LogP contribution < -0.4 is 4.74 Å². The van der Waals surface area contributed by atoms with Crippen molar-refractivity contribution in [1.29, 1.82) is 0 Å². The summed E-state index contributed by atoms with van der Waals surface area (Å²) in [6.45, 7) is 1.91. The van der Waals surface area contributed by atoms with Crippen molar-refractivity contribution < 1.29 is 23.0 Å². The number of alkyl halides is 3.